The molecular weight excluding hydrogens is 404 g/mol. The van der Waals surface area contributed by atoms with Crippen LogP contribution in [0, 0.1) is 6.92 Å². The van der Waals surface area contributed by atoms with Gasteiger partial charge in [0.1, 0.15) is 17.6 Å². The van der Waals surface area contributed by atoms with E-state index in [2.05, 4.69) is 18.8 Å². The lowest BCUT2D eigenvalue weighted by Gasteiger charge is -2.35. The van der Waals surface area contributed by atoms with Gasteiger partial charge in [0, 0.05) is 25.4 Å². The molecule has 1 aliphatic rings. The second kappa shape index (κ2) is 9.57. The maximum absolute atomic E-state index is 12.2. The molecule has 0 radical (unpaired) electrons. The van der Waals surface area contributed by atoms with Crippen LogP contribution in [0.4, 0.5) is 0 Å². The van der Waals surface area contributed by atoms with E-state index in [0.29, 0.717) is 31.9 Å². The highest BCUT2D eigenvalue weighted by atomic mass is 16.5. The fraction of sp³-hybridized carbons (Fsp3) is 0.385. The molecule has 0 aliphatic carbocycles. The van der Waals surface area contributed by atoms with Gasteiger partial charge in [-0.1, -0.05) is 50.2 Å². The van der Waals surface area contributed by atoms with Crippen molar-refractivity contribution in [3.63, 3.8) is 0 Å². The number of rotatable bonds is 8. The predicted molar refractivity (Wildman–Crippen MR) is 122 cm³/mol. The van der Waals surface area contributed by atoms with Gasteiger partial charge in [-0.2, -0.15) is 0 Å². The summed E-state index contributed by atoms with van der Waals surface area (Å²) in [5, 5.41) is 10.0. The Morgan fingerprint density at radius 3 is 2.72 bits per heavy atom. The maximum Gasteiger partial charge on any atom is 0.325 e. The van der Waals surface area contributed by atoms with Gasteiger partial charge in [-0.05, 0) is 42.2 Å². The second-order valence-electron chi connectivity index (χ2n) is 8.62. The quantitative estimate of drug-likeness (QED) is 0.543. The summed E-state index contributed by atoms with van der Waals surface area (Å²) in [7, 11) is 0. The minimum absolute atomic E-state index is 0.246. The summed E-state index contributed by atoms with van der Waals surface area (Å²) in [5.41, 5.74) is 3.90. The van der Waals surface area contributed by atoms with E-state index in [1.165, 1.54) is 0 Å². The van der Waals surface area contributed by atoms with Gasteiger partial charge in [0.05, 0.1) is 12.3 Å². The average Bonchev–Trinajstić information content (AvgIpc) is 3.15. The first kappa shape index (κ1) is 22.1. The van der Waals surface area contributed by atoms with E-state index in [1.54, 1.807) is 0 Å². The van der Waals surface area contributed by atoms with E-state index in [-0.39, 0.29) is 5.92 Å². The summed E-state index contributed by atoms with van der Waals surface area (Å²) >= 11 is 0. The molecule has 1 unspecified atom stereocenters. The molecule has 168 valence electrons. The fourth-order valence-electron chi connectivity index (χ4n) is 4.21. The molecule has 6 heteroatoms. The van der Waals surface area contributed by atoms with Crippen molar-refractivity contribution in [2.75, 3.05) is 13.2 Å². The van der Waals surface area contributed by atoms with E-state index < -0.39 is 12.0 Å². The van der Waals surface area contributed by atoms with Crippen LogP contribution in [0.2, 0.25) is 0 Å². The average molecular weight is 435 g/mol. The molecule has 2 aromatic carbocycles. The van der Waals surface area contributed by atoms with Gasteiger partial charge in [0.15, 0.2) is 5.89 Å². The van der Waals surface area contributed by atoms with Crippen LogP contribution in [-0.4, -0.2) is 34.1 Å². The van der Waals surface area contributed by atoms with Gasteiger partial charge in [0.2, 0.25) is 0 Å². The number of fused-ring (bicyclic) bond motifs is 1. The van der Waals surface area contributed by atoms with Crippen molar-refractivity contribution in [2.45, 2.75) is 52.1 Å². The number of nitrogens with zero attached hydrogens (tertiary/aromatic N) is 2. The highest BCUT2D eigenvalue weighted by Crippen LogP contribution is 2.34. The van der Waals surface area contributed by atoms with Crippen molar-refractivity contribution in [3.8, 4) is 5.75 Å². The van der Waals surface area contributed by atoms with Gasteiger partial charge in [-0.15, -0.1) is 0 Å². The summed E-state index contributed by atoms with van der Waals surface area (Å²) in [6, 6.07) is 15.1. The number of oxazole rings is 1. The summed E-state index contributed by atoms with van der Waals surface area (Å²) in [6.07, 6.45) is 1.46. The van der Waals surface area contributed by atoms with E-state index in [0.717, 1.165) is 40.5 Å². The van der Waals surface area contributed by atoms with Crippen molar-refractivity contribution >= 4 is 5.97 Å². The van der Waals surface area contributed by atoms with Crippen LogP contribution >= 0.6 is 0 Å². The lowest BCUT2D eigenvalue weighted by atomic mass is 9.92. The molecule has 0 spiro atoms. The number of benzene rings is 2. The zero-order valence-corrected chi connectivity index (χ0v) is 18.9. The molecule has 0 amide bonds. The third-order valence-electron chi connectivity index (χ3n) is 5.92. The zero-order chi connectivity index (χ0) is 22.7. The number of ether oxygens (including phenoxy) is 1. The lowest BCUT2D eigenvalue weighted by molar-refractivity contribution is -0.144. The number of carboxylic acid groups (broad SMARTS) is 1. The van der Waals surface area contributed by atoms with Crippen LogP contribution in [-0.2, 0) is 24.2 Å². The standard InChI is InChI=1S/C26H30N2O4/c1-17(2)25-27-23(18(3)32-25)12-14-31-21-10-9-20-11-13-28(16-19-7-5-4-6-8-19)24(26(29)30)22(20)15-21/h4-10,15,17,24H,11-14,16H2,1-3H3,(H,29,30). The minimum atomic E-state index is -0.835. The third-order valence-corrected chi connectivity index (χ3v) is 5.92. The van der Waals surface area contributed by atoms with Crippen molar-refractivity contribution in [3.05, 3.63) is 82.6 Å². The number of aryl methyl sites for hydroxylation is 1. The van der Waals surface area contributed by atoms with E-state index >= 15 is 0 Å². The fourth-order valence-corrected chi connectivity index (χ4v) is 4.21. The monoisotopic (exact) mass is 434 g/mol. The first-order valence-corrected chi connectivity index (χ1v) is 11.1. The van der Waals surface area contributed by atoms with Crippen LogP contribution in [0.25, 0.3) is 0 Å². The molecule has 1 aliphatic heterocycles. The first-order chi connectivity index (χ1) is 15.4. The molecule has 0 bridgehead atoms. The summed E-state index contributed by atoms with van der Waals surface area (Å²) in [6.45, 7) is 7.80. The number of hydrogen-bond acceptors (Lipinski definition) is 5. The first-order valence-electron chi connectivity index (χ1n) is 11.1. The Bertz CT molecular complexity index is 1070. The van der Waals surface area contributed by atoms with Crippen molar-refractivity contribution in [1.82, 2.24) is 9.88 Å². The molecule has 32 heavy (non-hydrogen) atoms. The molecule has 6 nitrogen and oxygen atoms in total. The van der Waals surface area contributed by atoms with Gasteiger partial charge in [-0.25, -0.2) is 4.98 Å². The van der Waals surface area contributed by atoms with E-state index in [4.69, 9.17) is 9.15 Å². The molecule has 0 saturated carbocycles. The molecule has 3 aromatic rings. The van der Waals surface area contributed by atoms with Crippen molar-refractivity contribution in [1.29, 1.82) is 0 Å². The van der Waals surface area contributed by atoms with Gasteiger partial charge < -0.3 is 14.3 Å². The zero-order valence-electron chi connectivity index (χ0n) is 18.9. The molecular formula is C26H30N2O4. The number of aliphatic carboxylic acids is 1. The number of hydrogen-bond donors (Lipinski definition) is 1. The van der Waals surface area contributed by atoms with Crippen LogP contribution in [0.5, 0.6) is 5.75 Å². The Labute approximate surface area is 188 Å². The van der Waals surface area contributed by atoms with Crippen molar-refractivity contribution < 1.29 is 19.1 Å². The van der Waals surface area contributed by atoms with Gasteiger partial charge in [-0.3, -0.25) is 9.69 Å². The molecule has 1 atom stereocenters. The van der Waals surface area contributed by atoms with Crippen molar-refractivity contribution in [2.24, 2.45) is 0 Å². The van der Waals surface area contributed by atoms with Crippen LogP contribution < -0.4 is 4.74 Å². The Hall–Kier alpha value is -3.12. The maximum atomic E-state index is 12.2. The molecule has 1 aromatic heterocycles. The Morgan fingerprint density at radius 2 is 2.03 bits per heavy atom. The minimum Gasteiger partial charge on any atom is -0.493 e. The van der Waals surface area contributed by atoms with Gasteiger partial charge >= 0.3 is 5.97 Å². The number of carboxylic acids is 1. The lowest BCUT2D eigenvalue weighted by Crippen LogP contribution is -2.39. The van der Waals surface area contributed by atoms with Crippen LogP contribution in [0.15, 0.2) is 52.9 Å². The Kier molecular flexibility index (Phi) is 6.61. The Morgan fingerprint density at radius 1 is 1.25 bits per heavy atom. The smallest absolute Gasteiger partial charge is 0.325 e. The molecule has 2 heterocycles. The van der Waals surface area contributed by atoms with Gasteiger partial charge in [0.25, 0.3) is 0 Å². The van der Waals surface area contributed by atoms with Crippen LogP contribution in [0.3, 0.4) is 0 Å². The molecule has 4 rings (SSSR count). The number of carbonyl (C=O) groups is 1. The third kappa shape index (κ3) is 4.86. The molecule has 0 fully saturated rings. The van der Waals surface area contributed by atoms with E-state index in [1.807, 2.05) is 60.4 Å². The topological polar surface area (TPSA) is 75.8 Å². The predicted octanol–water partition coefficient (Wildman–Crippen LogP) is 4.91. The van der Waals surface area contributed by atoms with Crippen LogP contribution in [0.1, 0.15) is 59.8 Å². The second-order valence-corrected chi connectivity index (χ2v) is 8.62. The Balaban J connectivity index is 1.47. The molecule has 1 N–H and O–H groups in total. The van der Waals surface area contributed by atoms with E-state index in [9.17, 15) is 9.90 Å². The highest BCUT2D eigenvalue weighted by molar-refractivity contribution is 5.77. The SMILES string of the molecule is Cc1oc(C(C)C)nc1CCOc1ccc2c(c1)C(C(=O)O)N(Cc1ccccc1)CC2. The number of aromatic nitrogens is 1. The highest BCUT2D eigenvalue weighted by Gasteiger charge is 2.33. The molecule has 0 saturated heterocycles. The summed E-state index contributed by atoms with van der Waals surface area (Å²) < 4.78 is 11.7. The largest absolute Gasteiger partial charge is 0.493 e. The summed E-state index contributed by atoms with van der Waals surface area (Å²) in [5.74, 6) is 1.66. The summed E-state index contributed by atoms with van der Waals surface area (Å²) in [4.78, 5) is 18.8. The normalized spacial score (nSPS) is 16.2.